The Balaban J connectivity index is 1.38. The Bertz CT molecular complexity index is 1210. The number of amides is 1. The minimum absolute atomic E-state index is 0.0000605. The molecule has 0 atom stereocenters. The van der Waals surface area contributed by atoms with E-state index < -0.39 is 15.9 Å². The standard InChI is InChI=1S/C25H30N4O4S/c1-18(2)20-9-7-19(8-10-20)17-23-27-28-25(33-23)26-24(30)21-11-13-22(14-12-21)34(31,32)29-15-5-3-4-6-16-29/h7-14,18H,3-6,15-17H2,1-2H3,(H,26,28,30). The van der Waals surface area contributed by atoms with Crippen molar-refractivity contribution in [1.82, 2.24) is 14.5 Å². The molecule has 0 bridgehead atoms. The van der Waals surface area contributed by atoms with Gasteiger partial charge in [-0.05, 0) is 54.2 Å². The van der Waals surface area contributed by atoms with E-state index in [-0.39, 0.29) is 10.9 Å². The maximum atomic E-state index is 12.9. The molecular formula is C25H30N4O4S. The molecule has 0 saturated carbocycles. The first-order valence-corrected chi connectivity index (χ1v) is 13.1. The third-order valence-electron chi connectivity index (χ3n) is 6.01. The molecule has 180 valence electrons. The summed E-state index contributed by atoms with van der Waals surface area (Å²) in [5.74, 6) is 0.407. The van der Waals surface area contributed by atoms with Crippen LogP contribution in [0.4, 0.5) is 6.01 Å². The van der Waals surface area contributed by atoms with Gasteiger partial charge in [-0.2, -0.15) is 4.31 Å². The molecule has 9 heteroatoms. The number of rotatable bonds is 7. The summed E-state index contributed by atoms with van der Waals surface area (Å²) in [6.45, 7) is 5.35. The second-order valence-corrected chi connectivity index (χ2v) is 10.8. The number of benzene rings is 2. The Morgan fingerprint density at radius 2 is 1.62 bits per heavy atom. The molecule has 1 fully saturated rings. The highest BCUT2D eigenvalue weighted by molar-refractivity contribution is 7.89. The van der Waals surface area contributed by atoms with Gasteiger partial charge in [-0.3, -0.25) is 10.1 Å². The van der Waals surface area contributed by atoms with E-state index in [2.05, 4.69) is 41.5 Å². The van der Waals surface area contributed by atoms with Crippen molar-refractivity contribution in [2.45, 2.75) is 56.8 Å². The number of nitrogens with one attached hydrogen (secondary N) is 1. The molecule has 2 aromatic carbocycles. The van der Waals surface area contributed by atoms with Gasteiger partial charge in [-0.15, -0.1) is 5.10 Å². The number of carbonyl (C=O) groups excluding carboxylic acids is 1. The number of anilines is 1. The second-order valence-electron chi connectivity index (χ2n) is 8.87. The first-order valence-electron chi connectivity index (χ1n) is 11.7. The Morgan fingerprint density at radius 1 is 0.971 bits per heavy atom. The lowest BCUT2D eigenvalue weighted by molar-refractivity contribution is 0.102. The number of hydrogen-bond acceptors (Lipinski definition) is 6. The molecule has 1 saturated heterocycles. The number of carbonyl (C=O) groups is 1. The summed E-state index contributed by atoms with van der Waals surface area (Å²) in [5.41, 5.74) is 2.60. The fourth-order valence-electron chi connectivity index (χ4n) is 3.95. The molecular weight excluding hydrogens is 452 g/mol. The Morgan fingerprint density at radius 3 is 2.24 bits per heavy atom. The fraction of sp³-hybridized carbons (Fsp3) is 0.400. The van der Waals surface area contributed by atoms with E-state index in [1.54, 1.807) is 0 Å². The largest absolute Gasteiger partial charge is 0.407 e. The van der Waals surface area contributed by atoms with Gasteiger partial charge >= 0.3 is 6.01 Å². The van der Waals surface area contributed by atoms with E-state index >= 15 is 0 Å². The molecule has 0 aliphatic carbocycles. The van der Waals surface area contributed by atoms with Crippen LogP contribution in [-0.2, 0) is 16.4 Å². The van der Waals surface area contributed by atoms with Crippen molar-refractivity contribution in [1.29, 1.82) is 0 Å². The summed E-state index contributed by atoms with van der Waals surface area (Å²) in [5, 5.41) is 10.5. The highest BCUT2D eigenvalue weighted by Gasteiger charge is 2.25. The minimum atomic E-state index is -3.56. The minimum Gasteiger partial charge on any atom is -0.407 e. The lowest BCUT2D eigenvalue weighted by Gasteiger charge is -2.19. The molecule has 0 unspecified atom stereocenters. The molecule has 4 rings (SSSR count). The predicted octanol–water partition coefficient (Wildman–Crippen LogP) is 4.60. The lowest BCUT2D eigenvalue weighted by atomic mass is 10.0. The van der Waals surface area contributed by atoms with Crippen LogP contribution in [0.15, 0.2) is 57.8 Å². The van der Waals surface area contributed by atoms with Gasteiger partial charge < -0.3 is 4.42 Å². The summed E-state index contributed by atoms with van der Waals surface area (Å²) in [7, 11) is -3.56. The summed E-state index contributed by atoms with van der Waals surface area (Å²) in [4.78, 5) is 12.8. The number of nitrogens with zero attached hydrogens (tertiary/aromatic N) is 3. The van der Waals surface area contributed by atoms with Gasteiger partial charge in [-0.25, -0.2) is 8.42 Å². The van der Waals surface area contributed by atoms with Gasteiger partial charge in [0, 0.05) is 18.7 Å². The maximum absolute atomic E-state index is 12.9. The SMILES string of the molecule is CC(C)c1ccc(Cc2nnc(NC(=O)c3ccc(S(=O)(=O)N4CCCCCC4)cc3)o2)cc1. The van der Waals surface area contributed by atoms with Gasteiger partial charge in [0.1, 0.15) is 0 Å². The van der Waals surface area contributed by atoms with Crippen molar-refractivity contribution >= 4 is 21.9 Å². The molecule has 1 aliphatic rings. The summed E-state index contributed by atoms with van der Waals surface area (Å²) < 4.78 is 32.9. The topological polar surface area (TPSA) is 105 Å². The van der Waals surface area contributed by atoms with Crippen molar-refractivity contribution in [2.75, 3.05) is 18.4 Å². The normalized spacial score (nSPS) is 15.3. The number of hydrogen-bond donors (Lipinski definition) is 1. The van der Waals surface area contributed by atoms with Crippen molar-refractivity contribution < 1.29 is 17.6 Å². The van der Waals surface area contributed by atoms with Gasteiger partial charge in [-0.1, -0.05) is 56.1 Å². The van der Waals surface area contributed by atoms with Crippen LogP contribution in [0, 0.1) is 0 Å². The third-order valence-corrected chi connectivity index (χ3v) is 7.92. The summed E-state index contributed by atoms with van der Waals surface area (Å²) in [6.07, 6.45) is 4.30. The van der Waals surface area contributed by atoms with Crippen molar-refractivity contribution in [3.05, 3.63) is 71.1 Å². The van der Waals surface area contributed by atoms with Gasteiger partial charge in [0.25, 0.3) is 5.91 Å². The Kier molecular flexibility index (Phi) is 7.43. The van der Waals surface area contributed by atoms with Gasteiger partial charge in [0.15, 0.2) is 0 Å². The van der Waals surface area contributed by atoms with E-state index in [4.69, 9.17) is 4.42 Å². The Labute approximate surface area is 200 Å². The quantitative estimate of drug-likeness (QED) is 0.528. The molecule has 1 aromatic heterocycles. The number of aromatic nitrogens is 2. The zero-order valence-corrected chi connectivity index (χ0v) is 20.3. The van der Waals surface area contributed by atoms with E-state index in [9.17, 15) is 13.2 Å². The zero-order chi connectivity index (χ0) is 24.1. The molecule has 3 aromatic rings. The first kappa shape index (κ1) is 24.1. The van der Waals surface area contributed by atoms with Crippen LogP contribution < -0.4 is 5.32 Å². The highest BCUT2D eigenvalue weighted by Crippen LogP contribution is 2.21. The first-order chi connectivity index (χ1) is 16.3. The van der Waals surface area contributed by atoms with Crippen LogP contribution in [0.3, 0.4) is 0 Å². The third kappa shape index (κ3) is 5.71. The predicted molar refractivity (Wildman–Crippen MR) is 129 cm³/mol. The molecule has 8 nitrogen and oxygen atoms in total. The summed E-state index contributed by atoms with van der Waals surface area (Å²) >= 11 is 0. The lowest BCUT2D eigenvalue weighted by Crippen LogP contribution is -2.31. The molecule has 1 aliphatic heterocycles. The fourth-order valence-corrected chi connectivity index (χ4v) is 5.47. The molecule has 0 spiro atoms. The van der Waals surface area contributed by atoms with Crippen molar-refractivity contribution in [3.63, 3.8) is 0 Å². The van der Waals surface area contributed by atoms with Crippen LogP contribution in [0.1, 0.15) is 72.8 Å². The average molecular weight is 483 g/mol. The van der Waals surface area contributed by atoms with E-state index in [0.29, 0.717) is 36.9 Å². The second kappa shape index (κ2) is 10.5. The summed E-state index contributed by atoms with van der Waals surface area (Å²) in [6, 6.07) is 14.1. The van der Waals surface area contributed by atoms with Crippen LogP contribution in [0.2, 0.25) is 0 Å². The maximum Gasteiger partial charge on any atom is 0.322 e. The molecule has 1 amide bonds. The molecule has 2 heterocycles. The monoisotopic (exact) mass is 482 g/mol. The molecule has 0 radical (unpaired) electrons. The number of sulfonamides is 1. The Hall–Kier alpha value is -3.04. The molecule has 1 N–H and O–H groups in total. The van der Waals surface area contributed by atoms with E-state index in [0.717, 1.165) is 31.2 Å². The van der Waals surface area contributed by atoms with E-state index in [1.807, 2.05) is 12.1 Å². The van der Waals surface area contributed by atoms with Crippen molar-refractivity contribution in [3.8, 4) is 0 Å². The molecule has 34 heavy (non-hydrogen) atoms. The van der Waals surface area contributed by atoms with Gasteiger partial charge in [0.05, 0.1) is 11.3 Å². The van der Waals surface area contributed by atoms with Crippen molar-refractivity contribution in [2.24, 2.45) is 0 Å². The highest BCUT2D eigenvalue weighted by atomic mass is 32.2. The van der Waals surface area contributed by atoms with E-state index in [1.165, 1.54) is 34.1 Å². The smallest absolute Gasteiger partial charge is 0.322 e. The van der Waals surface area contributed by atoms with Crippen LogP contribution in [-0.4, -0.2) is 41.9 Å². The average Bonchev–Trinajstić information content (AvgIpc) is 3.07. The van der Waals surface area contributed by atoms with Crippen LogP contribution in [0.25, 0.3) is 0 Å². The zero-order valence-electron chi connectivity index (χ0n) is 19.5. The van der Waals surface area contributed by atoms with Gasteiger partial charge in [0.2, 0.25) is 15.9 Å². The van der Waals surface area contributed by atoms with Crippen LogP contribution >= 0.6 is 0 Å². The van der Waals surface area contributed by atoms with Crippen LogP contribution in [0.5, 0.6) is 0 Å².